The van der Waals surface area contributed by atoms with Crippen LogP contribution in [0.3, 0.4) is 0 Å². The predicted octanol–water partition coefficient (Wildman–Crippen LogP) is 7.05. The van der Waals surface area contributed by atoms with Gasteiger partial charge in [0.2, 0.25) is 5.95 Å². The van der Waals surface area contributed by atoms with Crippen molar-refractivity contribution in [3.63, 3.8) is 0 Å². The maximum Gasteiger partial charge on any atom is 0.412 e. The van der Waals surface area contributed by atoms with Crippen molar-refractivity contribution in [3.8, 4) is 16.9 Å². The number of hydrogen-bond donors (Lipinski definition) is 2. The summed E-state index contributed by atoms with van der Waals surface area (Å²) in [6, 6.07) is 20.6. The number of carbonyl (C=O) groups is 1. The van der Waals surface area contributed by atoms with Gasteiger partial charge in [0.15, 0.2) is 0 Å². The highest BCUT2D eigenvalue weighted by molar-refractivity contribution is 5.85. The van der Waals surface area contributed by atoms with E-state index in [1.54, 1.807) is 0 Å². The molecule has 1 amide bonds. The second-order valence-electron chi connectivity index (χ2n) is 10.5. The summed E-state index contributed by atoms with van der Waals surface area (Å²) in [7, 11) is 0. The third-order valence-electron chi connectivity index (χ3n) is 6.35. The first-order valence-electron chi connectivity index (χ1n) is 12.8. The summed E-state index contributed by atoms with van der Waals surface area (Å²) in [6.07, 6.45) is 2.16. The van der Waals surface area contributed by atoms with Gasteiger partial charge >= 0.3 is 6.09 Å². The first kappa shape index (κ1) is 26.1. The number of carbonyl (C=O) groups excluding carboxylic acids is 1. The van der Waals surface area contributed by atoms with Crippen molar-refractivity contribution >= 4 is 22.9 Å². The van der Waals surface area contributed by atoms with Gasteiger partial charge in [-0.15, -0.1) is 0 Å². The maximum absolute atomic E-state index is 11.9. The Morgan fingerprint density at radius 3 is 2.57 bits per heavy atom. The molecule has 0 aliphatic carbocycles. The Balaban J connectivity index is 1.53. The van der Waals surface area contributed by atoms with E-state index < -0.39 is 6.09 Å². The van der Waals surface area contributed by atoms with E-state index in [4.69, 9.17) is 9.72 Å². The smallest absolute Gasteiger partial charge is 0.410 e. The number of ether oxygens (including phenoxy) is 1. The normalized spacial score (nSPS) is 12.3. The Labute approximate surface area is 219 Å². The molecule has 6 heteroatoms. The van der Waals surface area contributed by atoms with Crippen LogP contribution in [0.5, 0.6) is 5.75 Å². The third-order valence-corrected chi connectivity index (χ3v) is 6.35. The molecular formula is C31H36N4O2. The minimum Gasteiger partial charge on any atom is -0.410 e. The van der Waals surface area contributed by atoms with Crippen molar-refractivity contribution in [3.05, 3.63) is 83.6 Å². The van der Waals surface area contributed by atoms with Gasteiger partial charge in [-0.05, 0) is 84.7 Å². The van der Waals surface area contributed by atoms with Crippen LogP contribution in [0, 0.1) is 6.92 Å². The van der Waals surface area contributed by atoms with E-state index in [-0.39, 0.29) is 11.5 Å². The number of hydrogen-bond acceptors (Lipinski definition) is 5. The fourth-order valence-corrected chi connectivity index (χ4v) is 4.59. The van der Waals surface area contributed by atoms with Crippen molar-refractivity contribution in [2.24, 2.45) is 0 Å². The highest BCUT2D eigenvalue weighted by Gasteiger charge is 2.20. The quantitative estimate of drug-likeness (QED) is 0.287. The number of aryl methyl sites for hydroxylation is 1. The van der Waals surface area contributed by atoms with Gasteiger partial charge in [-0.3, -0.25) is 0 Å². The highest BCUT2D eigenvalue weighted by atomic mass is 16.6. The van der Waals surface area contributed by atoms with Crippen LogP contribution in [0.1, 0.15) is 51.3 Å². The standard InChI is InChI=1S/C31H36N4O2/c1-7-32-30(36)37-25-13-14-27(31(4,5)6)23(18-25)16-21(3)34-29-33-19-24-17-22(12-15-28(24)35-29)26-11-9-8-10-20(26)2/h8-15,17-19,21H,7,16H2,1-6H3,(H,32,36)(H,33,34,35). The van der Waals surface area contributed by atoms with E-state index in [0.29, 0.717) is 18.2 Å². The average Bonchev–Trinajstić information content (AvgIpc) is 2.83. The van der Waals surface area contributed by atoms with Crippen LogP contribution in [0.25, 0.3) is 22.0 Å². The van der Waals surface area contributed by atoms with E-state index in [9.17, 15) is 4.79 Å². The van der Waals surface area contributed by atoms with Gasteiger partial charge in [0, 0.05) is 24.2 Å². The van der Waals surface area contributed by atoms with Crippen LogP contribution in [-0.4, -0.2) is 28.6 Å². The predicted molar refractivity (Wildman–Crippen MR) is 151 cm³/mol. The Morgan fingerprint density at radius 1 is 1.05 bits per heavy atom. The molecule has 1 atom stereocenters. The summed E-state index contributed by atoms with van der Waals surface area (Å²) in [5.41, 5.74) is 6.80. The van der Waals surface area contributed by atoms with E-state index in [1.165, 1.54) is 16.7 Å². The number of anilines is 1. The van der Waals surface area contributed by atoms with Crippen molar-refractivity contribution in [1.82, 2.24) is 15.3 Å². The number of rotatable bonds is 7. The molecule has 0 aliphatic heterocycles. The Kier molecular flexibility index (Phi) is 7.77. The van der Waals surface area contributed by atoms with Crippen molar-refractivity contribution < 1.29 is 9.53 Å². The molecule has 4 aromatic rings. The van der Waals surface area contributed by atoms with Crippen LogP contribution in [0.2, 0.25) is 0 Å². The minimum absolute atomic E-state index is 0.0481. The molecule has 4 rings (SSSR count). The fourth-order valence-electron chi connectivity index (χ4n) is 4.59. The Hall–Kier alpha value is -3.93. The molecule has 0 aliphatic rings. The summed E-state index contributed by atoms with van der Waals surface area (Å²) in [5, 5.41) is 7.13. The highest BCUT2D eigenvalue weighted by Crippen LogP contribution is 2.31. The van der Waals surface area contributed by atoms with Gasteiger partial charge in [-0.2, -0.15) is 0 Å². The lowest BCUT2D eigenvalue weighted by Gasteiger charge is -2.25. The summed E-state index contributed by atoms with van der Waals surface area (Å²) >= 11 is 0. The molecule has 0 fully saturated rings. The largest absolute Gasteiger partial charge is 0.412 e. The summed E-state index contributed by atoms with van der Waals surface area (Å²) in [5.74, 6) is 1.13. The molecule has 6 nitrogen and oxygen atoms in total. The number of aromatic nitrogens is 2. The Bertz CT molecular complexity index is 1410. The molecular weight excluding hydrogens is 460 g/mol. The lowest BCUT2D eigenvalue weighted by molar-refractivity contribution is 0.201. The number of nitrogens with zero attached hydrogens (tertiary/aromatic N) is 2. The van der Waals surface area contributed by atoms with E-state index in [2.05, 4.69) is 98.8 Å². The molecule has 192 valence electrons. The third kappa shape index (κ3) is 6.45. The molecule has 0 radical (unpaired) electrons. The van der Waals surface area contributed by atoms with Gasteiger partial charge in [0.25, 0.3) is 0 Å². The second-order valence-corrected chi connectivity index (χ2v) is 10.5. The van der Waals surface area contributed by atoms with Gasteiger partial charge in [-0.1, -0.05) is 57.2 Å². The van der Waals surface area contributed by atoms with Gasteiger partial charge in [0.1, 0.15) is 5.75 Å². The first-order valence-corrected chi connectivity index (χ1v) is 12.8. The number of benzene rings is 3. The topological polar surface area (TPSA) is 76.1 Å². The van der Waals surface area contributed by atoms with E-state index in [0.717, 1.165) is 28.5 Å². The summed E-state index contributed by atoms with van der Waals surface area (Å²) < 4.78 is 5.46. The van der Waals surface area contributed by atoms with Crippen LogP contribution < -0.4 is 15.4 Å². The molecule has 0 spiro atoms. The number of nitrogens with one attached hydrogen (secondary N) is 2. The van der Waals surface area contributed by atoms with Crippen LogP contribution >= 0.6 is 0 Å². The lowest BCUT2D eigenvalue weighted by atomic mass is 9.82. The molecule has 2 N–H and O–H groups in total. The van der Waals surface area contributed by atoms with E-state index >= 15 is 0 Å². The van der Waals surface area contributed by atoms with Gasteiger partial charge in [-0.25, -0.2) is 14.8 Å². The van der Waals surface area contributed by atoms with E-state index in [1.807, 2.05) is 25.3 Å². The van der Waals surface area contributed by atoms with Crippen LogP contribution in [0.4, 0.5) is 10.7 Å². The zero-order valence-electron chi connectivity index (χ0n) is 22.6. The number of amides is 1. The molecule has 1 heterocycles. The molecule has 3 aromatic carbocycles. The Morgan fingerprint density at radius 2 is 1.84 bits per heavy atom. The van der Waals surface area contributed by atoms with Crippen molar-refractivity contribution in [2.75, 3.05) is 11.9 Å². The molecule has 1 unspecified atom stereocenters. The van der Waals surface area contributed by atoms with Gasteiger partial charge < -0.3 is 15.4 Å². The molecule has 0 saturated heterocycles. The summed E-state index contributed by atoms with van der Waals surface area (Å²) in [4.78, 5) is 21.3. The first-order chi connectivity index (χ1) is 17.6. The second kappa shape index (κ2) is 11.0. The lowest BCUT2D eigenvalue weighted by Crippen LogP contribution is -2.26. The van der Waals surface area contributed by atoms with Gasteiger partial charge in [0.05, 0.1) is 5.52 Å². The number of fused-ring (bicyclic) bond motifs is 1. The summed E-state index contributed by atoms with van der Waals surface area (Å²) in [6.45, 7) is 13.2. The molecule has 1 aromatic heterocycles. The van der Waals surface area contributed by atoms with Crippen molar-refractivity contribution in [1.29, 1.82) is 0 Å². The van der Waals surface area contributed by atoms with Crippen molar-refractivity contribution in [2.45, 2.75) is 59.4 Å². The zero-order valence-corrected chi connectivity index (χ0v) is 22.6. The molecule has 0 saturated carbocycles. The fraction of sp³-hybridized carbons (Fsp3) is 0.323. The van der Waals surface area contributed by atoms with Crippen LogP contribution in [-0.2, 0) is 11.8 Å². The van der Waals surface area contributed by atoms with Crippen LogP contribution in [0.15, 0.2) is 66.9 Å². The molecule has 0 bridgehead atoms. The maximum atomic E-state index is 11.9. The molecule has 37 heavy (non-hydrogen) atoms. The SMILES string of the molecule is CCNC(=O)Oc1ccc(C(C)(C)C)c(CC(C)Nc2ncc3cc(-c4ccccc4C)ccc3n2)c1. The average molecular weight is 497 g/mol. The monoisotopic (exact) mass is 496 g/mol. The minimum atomic E-state index is -0.446. The zero-order chi connectivity index (χ0) is 26.6.